The largest absolute Gasteiger partial charge is 0.497 e. The van der Waals surface area contributed by atoms with Crippen molar-refractivity contribution in [1.82, 2.24) is 15.5 Å². The zero-order valence-corrected chi connectivity index (χ0v) is 16.2. The van der Waals surface area contributed by atoms with Gasteiger partial charge in [-0.2, -0.15) is 11.8 Å². The second-order valence-electron chi connectivity index (χ2n) is 6.97. The predicted octanol–water partition coefficient (Wildman–Crippen LogP) is 2.38. The van der Waals surface area contributed by atoms with E-state index in [4.69, 9.17) is 4.74 Å². The molecule has 2 N–H and O–H groups in total. The number of amides is 3. The Bertz CT molecular complexity index is 655. The van der Waals surface area contributed by atoms with Crippen molar-refractivity contribution in [2.24, 2.45) is 0 Å². The van der Waals surface area contributed by atoms with E-state index in [2.05, 4.69) is 10.6 Å². The topological polar surface area (TPSA) is 70.7 Å². The Morgan fingerprint density at radius 3 is 3.00 bits per heavy atom. The first-order valence-corrected chi connectivity index (χ1v) is 10.2. The van der Waals surface area contributed by atoms with Gasteiger partial charge in [0.2, 0.25) is 5.91 Å². The van der Waals surface area contributed by atoms with Crippen LogP contribution in [0.1, 0.15) is 31.2 Å². The van der Waals surface area contributed by atoms with Crippen LogP contribution < -0.4 is 15.4 Å². The summed E-state index contributed by atoms with van der Waals surface area (Å²) in [7, 11) is 3.49. The van der Waals surface area contributed by atoms with Crippen molar-refractivity contribution < 1.29 is 14.3 Å². The first-order chi connectivity index (χ1) is 12.6. The number of rotatable bonds is 8. The van der Waals surface area contributed by atoms with Gasteiger partial charge in [-0.25, -0.2) is 4.79 Å². The zero-order chi connectivity index (χ0) is 18.5. The van der Waals surface area contributed by atoms with Gasteiger partial charge in [0.25, 0.3) is 0 Å². The lowest BCUT2D eigenvalue weighted by molar-refractivity contribution is -0.130. The number of nitrogens with zero attached hydrogens (tertiary/aromatic N) is 1. The number of nitrogens with one attached hydrogen (secondary N) is 2. The van der Waals surface area contributed by atoms with Gasteiger partial charge in [0.1, 0.15) is 5.75 Å². The summed E-state index contributed by atoms with van der Waals surface area (Å²) in [5, 5.41) is 6.44. The molecule has 0 aromatic heterocycles. The van der Waals surface area contributed by atoms with Crippen molar-refractivity contribution in [3.63, 3.8) is 0 Å². The van der Waals surface area contributed by atoms with Crippen LogP contribution in [0.2, 0.25) is 0 Å². The molecule has 0 unspecified atom stereocenters. The van der Waals surface area contributed by atoms with Gasteiger partial charge in [-0.05, 0) is 30.5 Å². The summed E-state index contributed by atoms with van der Waals surface area (Å²) in [6.07, 6.45) is 3.50. The fourth-order valence-corrected chi connectivity index (χ4v) is 5.13. The molecule has 142 valence electrons. The number of fused-ring (bicyclic) bond motifs is 1. The molecule has 0 radical (unpaired) electrons. The molecule has 7 heteroatoms. The summed E-state index contributed by atoms with van der Waals surface area (Å²) in [4.78, 5) is 25.5. The van der Waals surface area contributed by atoms with Crippen LogP contribution in [0.3, 0.4) is 0 Å². The normalized spacial score (nSPS) is 23.9. The SMILES string of the molecule is COc1cccc(CN(C)C(=O)CCCC[C@@H]2SC[C@@H]3NC(=O)N[C@H]32)c1. The van der Waals surface area contributed by atoms with Gasteiger partial charge in [0, 0.05) is 31.0 Å². The number of hydrogen-bond acceptors (Lipinski definition) is 4. The van der Waals surface area contributed by atoms with E-state index in [0.717, 1.165) is 36.3 Å². The van der Waals surface area contributed by atoms with Gasteiger partial charge in [-0.15, -0.1) is 0 Å². The van der Waals surface area contributed by atoms with Crippen LogP contribution in [0.25, 0.3) is 0 Å². The molecule has 3 amide bonds. The van der Waals surface area contributed by atoms with Crippen molar-refractivity contribution in [2.45, 2.75) is 49.6 Å². The smallest absolute Gasteiger partial charge is 0.315 e. The third-order valence-corrected chi connectivity index (χ3v) is 6.56. The van der Waals surface area contributed by atoms with Gasteiger partial charge in [-0.1, -0.05) is 18.6 Å². The molecule has 0 bridgehead atoms. The zero-order valence-electron chi connectivity index (χ0n) is 15.4. The predicted molar refractivity (Wildman–Crippen MR) is 103 cm³/mol. The van der Waals surface area contributed by atoms with Crippen LogP contribution in [0.4, 0.5) is 4.79 Å². The van der Waals surface area contributed by atoms with E-state index >= 15 is 0 Å². The molecule has 0 aliphatic carbocycles. The Kier molecular flexibility index (Phi) is 6.29. The van der Waals surface area contributed by atoms with E-state index in [1.807, 2.05) is 43.1 Å². The van der Waals surface area contributed by atoms with Crippen molar-refractivity contribution in [2.75, 3.05) is 19.9 Å². The standard InChI is InChI=1S/C19H27N3O3S/c1-22(11-13-6-5-7-14(10-13)25-2)17(23)9-4-3-8-16-18-15(12-26-16)20-19(24)21-18/h5-7,10,15-16,18H,3-4,8-9,11-12H2,1-2H3,(H2,20,21,24)/t15-,16-,18+/m0/s1. The molecule has 2 aliphatic heterocycles. The van der Waals surface area contributed by atoms with Crippen molar-refractivity contribution in [3.05, 3.63) is 29.8 Å². The van der Waals surface area contributed by atoms with Gasteiger partial charge in [0.15, 0.2) is 0 Å². The van der Waals surface area contributed by atoms with Gasteiger partial charge in [0.05, 0.1) is 19.2 Å². The van der Waals surface area contributed by atoms with Gasteiger partial charge in [-0.3, -0.25) is 4.79 Å². The third-order valence-electron chi connectivity index (χ3n) is 5.05. The van der Waals surface area contributed by atoms with Crippen LogP contribution in [0.15, 0.2) is 24.3 Å². The van der Waals surface area contributed by atoms with Crippen LogP contribution in [-0.2, 0) is 11.3 Å². The number of carbonyl (C=O) groups excluding carboxylic acids is 2. The van der Waals surface area contributed by atoms with E-state index in [0.29, 0.717) is 18.2 Å². The average Bonchev–Trinajstić information content (AvgIpc) is 3.18. The summed E-state index contributed by atoms with van der Waals surface area (Å²) in [6.45, 7) is 0.593. The van der Waals surface area contributed by atoms with Gasteiger partial charge >= 0.3 is 6.03 Å². The monoisotopic (exact) mass is 377 g/mol. The summed E-state index contributed by atoms with van der Waals surface area (Å²) in [6, 6.07) is 8.28. The van der Waals surface area contributed by atoms with Crippen LogP contribution >= 0.6 is 11.8 Å². The minimum absolute atomic E-state index is 0.0420. The second kappa shape index (κ2) is 8.66. The quantitative estimate of drug-likeness (QED) is 0.539. The molecule has 1 aromatic carbocycles. The van der Waals surface area contributed by atoms with Crippen LogP contribution in [0, 0.1) is 0 Å². The van der Waals surface area contributed by atoms with E-state index < -0.39 is 0 Å². The minimum Gasteiger partial charge on any atom is -0.497 e. The number of hydrogen-bond donors (Lipinski definition) is 2. The van der Waals surface area contributed by atoms with Crippen molar-refractivity contribution in [1.29, 1.82) is 0 Å². The minimum atomic E-state index is -0.0420. The molecule has 2 saturated heterocycles. The Labute approximate surface area is 159 Å². The first kappa shape index (κ1) is 18.9. The maximum Gasteiger partial charge on any atom is 0.315 e. The summed E-state index contributed by atoms with van der Waals surface area (Å²) < 4.78 is 5.23. The Morgan fingerprint density at radius 2 is 2.19 bits per heavy atom. The fraction of sp³-hybridized carbons (Fsp3) is 0.579. The molecular formula is C19H27N3O3S. The number of unbranched alkanes of at least 4 members (excludes halogenated alkanes) is 1. The number of methoxy groups -OCH3 is 1. The number of carbonyl (C=O) groups is 2. The summed E-state index contributed by atoms with van der Waals surface area (Å²) in [5.74, 6) is 1.96. The maximum absolute atomic E-state index is 12.3. The molecular weight excluding hydrogens is 350 g/mol. The molecule has 0 saturated carbocycles. The highest BCUT2D eigenvalue weighted by molar-refractivity contribution is 8.00. The van der Waals surface area contributed by atoms with Crippen LogP contribution in [-0.4, -0.2) is 54.1 Å². The molecule has 2 fully saturated rings. The number of thioether (sulfide) groups is 1. The van der Waals surface area contributed by atoms with E-state index in [1.165, 1.54) is 0 Å². The van der Waals surface area contributed by atoms with Crippen molar-refractivity contribution in [3.8, 4) is 5.75 Å². The molecule has 6 nitrogen and oxygen atoms in total. The lowest BCUT2D eigenvalue weighted by atomic mass is 10.0. The Hall–Kier alpha value is -1.89. The second-order valence-corrected chi connectivity index (χ2v) is 8.24. The van der Waals surface area contributed by atoms with E-state index in [-0.39, 0.29) is 24.0 Å². The average molecular weight is 378 g/mol. The molecule has 1 aromatic rings. The Balaban J connectivity index is 1.36. The molecule has 2 aliphatic rings. The fourth-order valence-electron chi connectivity index (χ4n) is 3.59. The first-order valence-electron chi connectivity index (χ1n) is 9.12. The highest BCUT2D eigenvalue weighted by Gasteiger charge is 2.42. The number of urea groups is 1. The highest BCUT2D eigenvalue weighted by atomic mass is 32.2. The molecule has 0 spiro atoms. The summed E-state index contributed by atoms with van der Waals surface area (Å²) in [5.41, 5.74) is 1.07. The third kappa shape index (κ3) is 4.63. The summed E-state index contributed by atoms with van der Waals surface area (Å²) >= 11 is 1.92. The lowest BCUT2D eigenvalue weighted by Crippen LogP contribution is -2.36. The lowest BCUT2D eigenvalue weighted by Gasteiger charge is -2.19. The Morgan fingerprint density at radius 1 is 1.35 bits per heavy atom. The number of ether oxygens (including phenoxy) is 1. The molecule has 26 heavy (non-hydrogen) atoms. The number of benzene rings is 1. The van der Waals surface area contributed by atoms with E-state index in [9.17, 15) is 9.59 Å². The molecule has 2 heterocycles. The van der Waals surface area contributed by atoms with Crippen molar-refractivity contribution >= 4 is 23.7 Å². The van der Waals surface area contributed by atoms with Gasteiger partial charge < -0.3 is 20.3 Å². The highest BCUT2D eigenvalue weighted by Crippen LogP contribution is 2.33. The molecule has 3 atom stereocenters. The molecule has 3 rings (SSSR count). The maximum atomic E-state index is 12.3. The van der Waals surface area contributed by atoms with Crippen LogP contribution in [0.5, 0.6) is 5.75 Å². The van der Waals surface area contributed by atoms with E-state index in [1.54, 1.807) is 12.0 Å².